The van der Waals surface area contributed by atoms with Crippen LogP contribution in [0.25, 0.3) is 0 Å². The minimum absolute atomic E-state index is 0.164. The summed E-state index contributed by atoms with van der Waals surface area (Å²) in [7, 11) is 1.13. The summed E-state index contributed by atoms with van der Waals surface area (Å²) >= 11 is 0. The van der Waals surface area contributed by atoms with Crippen LogP contribution < -0.4 is 4.90 Å². The van der Waals surface area contributed by atoms with Crippen LogP contribution >= 0.6 is 0 Å². The molecule has 0 atom stereocenters. The van der Waals surface area contributed by atoms with E-state index < -0.39 is 17.8 Å². The molecule has 0 N–H and O–H groups in total. The van der Waals surface area contributed by atoms with Crippen LogP contribution in [-0.4, -0.2) is 36.4 Å². The van der Waals surface area contributed by atoms with Gasteiger partial charge < -0.3 is 9.64 Å². The molecule has 1 aliphatic rings. The molecule has 1 saturated heterocycles. The first kappa shape index (κ1) is 15.5. The Bertz CT molecular complexity index is 512. The number of aromatic nitrogens is 2. The lowest BCUT2D eigenvalue weighted by Crippen LogP contribution is -2.28. The minimum atomic E-state index is -4.65. The lowest BCUT2D eigenvalue weighted by molar-refractivity contribution is -0.141. The molecule has 5 nitrogen and oxygen atoms in total. The molecule has 0 radical (unpaired) electrons. The molecular formula is C13H16F3N3O2. The van der Waals surface area contributed by atoms with E-state index in [4.69, 9.17) is 0 Å². The van der Waals surface area contributed by atoms with Crippen LogP contribution in [0.5, 0.6) is 0 Å². The number of hydrogen-bond acceptors (Lipinski definition) is 5. The Morgan fingerprint density at radius 2 is 1.81 bits per heavy atom. The van der Waals surface area contributed by atoms with E-state index in [0.717, 1.165) is 32.8 Å². The molecule has 21 heavy (non-hydrogen) atoms. The van der Waals surface area contributed by atoms with Gasteiger partial charge >= 0.3 is 12.1 Å². The van der Waals surface area contributed by atoms with Gasteiger partial charge in [-0.3, -0.25) is 0 Å². The van der Waals surface area contributed by atoms with Gasteiger partial charge in [-0.15, -0.1) is 10.2 Å². The first-order valence-electron chi connectivity index (χ1n) is 6.71. The predicted molar refractivity (Wildman–Crippen MR) is 69.1 cm³/mol. The number of methoxy groups -OCH3 is 1. The van der Waals surface area contributed by atoms with Gasteiger partial charge in [0, 0.05) is 13.1 Å². The fourth-order valence-electron chi connectivity index (χ4n) is 2.30. The molecule has 116 valence electrons. The van der Waals surface area contributed by atoms with E-state index in [2.05, 4.69) is 14.9 Å². The number of anilines is 1. The van der Waals surface area contributed by atoms with Gasteiger partial charge in [-0.25, -0.2) is 4.79 Å². The Labute approximate surface area is 120 Å². The monoisotopic (exact) mass is 303 g/mol. The molecule has 0 aliphatic carbocycles. The van der Waals surface area contributed by atoms with E-state index in [0.29, 0.717) is 19.2 Å². The third-order valence-corrected chi connectivity index (χ3v) is 3.38. The summed E-state index contributed by atoms with van der Waals surface area (Å²) in [5, 5.41) is 6.84. The fourth-order valence-corrected chi connectivity index (χ4v) is 2.30. The average molecular weight is 303 g/mol. The van der Waals surface area contributed by atoms with Crippen molar-refractivity contribution >= 4 is 11.8 Å². The second-order valence-corrected chi connectivity index (χ2v) is 4.86. The molecule has 0 amide bonds. The lowest BCUT2D eigenvalue weighted by atomic mass is 10.2. The Morgan fingerprint density at radius 3 is 2.33 bits per heavy atom. The summed E-state index contributed by atoms with van der Waals surface area (Å²) in [4.78, 5) is 13.6. The van der Waals surface area contributed by atoms with Gasteiger partial charge in [-0.05, 0) is 18.9 Å². The van der Waals surface area contributed by atoms with E-state index >= 15 is 0 Å². The number of carbonyl (C=O) groups is 1. The molecule has 0 bridgehead atoms. The van der Waals surface area contributed by atoms with Crippen molar-refractivity contribution in [3.63, 3.8) is 0 Å². The number of ether oxygens (including phenoxy) is 1. The summed E-state index contributed by atoms with van der Waals surface area (Å²) in [6, 6.07) is 0.707. The maximum atomic E-state index is 12.7. The fraction of sp³-hybridized carbons (Fsp3) is 0.615. The molecule has 0 aromatic carbocycles. The molecule has 8 heteroatoms. The third kappa shape index (κ3) is 3.62. The number of halogens is 3. The second kappa shape index (κ2) is 6.28. The molecule has 1 aliphatic heterocycles. The van der Waals surface area contributed by atoms with Gasteiger partial charge in [0.2, 0.25) is 0 Å². The summed E-state index contributed by atoms with van der Waals surface area (Å²) in [6.07, 6.45) is -0.726. The zero-order valence-corrected chi connectivity index (χ0v) is 11.6. The van der Waals surface area contributed by atoms with Gasteiger partial charge in [0.1, 0.15) is 5.56 Å². The van der Waals surface area contributed by atoms with E-state index in [1.807, 2.05) is 0 Å². The molecule has 2 rings (SSSR count). The van der Waals surface area contributed by atoms with E-state index in [9.17, 15) is 18.0 Å². The summed E-state index contributed by atoms with van der Waals surface area (Å²) in [5.74, 6) is -0.675. The summed E-state index contributed by atoms with van der Waals surface area (Å²) < 4.78 is 42.7. The molecule has 0 unspecified atom stereocenters. The standard InChI is InChI=1S/C13H16F3N3O2/c1-21-12(20)9-8-10(13(14,15)16)17-18-11(9)19-6-4-2-3-5-7-19/h8H,2-7H2,1H3. The van der Waals surface area contributed by atoms with Crippen molar-refractivity contribution in [2.45, 2.75) is 31.9 Å². The highest BCUT2D eigenvalue weighted by molar-refractivity contribution is 5.94. The van der Waals surface area contributed by atoms with Crippen LogP contribution in [0.4, 0.5) is 19.0 Å². The van der Waals surface area contributed by atoms with E-state index in [-0.39, 0.29) is 11.4 Å². The number of rotatable bonds is 2. The van der Waals surface area contributed by atoms with Gasteiger partial charge in [0.05, 0.1) is 7.11 Å². The third-order valence-electron chi connectivity index (χ3n) is 3.38. The maximum absolute atomic E-state index is 12.7. The summed E-state index contributed by atoms with van der Waals surface area (Å²) in [5.41, 5.74) is -1.39. The second-order valence-electron chi connectivity index (χ2n) is 4.86. The Morgan fingerprint density at radius 1 is 1.19 bits per heavy atom. The smallest absolute Gasteiger partial charge is 0.435 e. The van der Waals surface area contributed by atoms with Crippen molar-refractivity contribution in [1.82, 2.24) is 10.2 Å². The number of hydrogen-bond donors (Lipinski definition) is 0. The van der Waals surface area contributed by atoms with Crippen molar-refractivity contribution in [3.8, 4) is 0 Å². The van der Waals surface area contributed by atoms with Crippen molar-refractivity contribution in [2.24, 2.45) is 0 Å². The van der Waals surface area contributed by atoms with Gasteiger partial charge in [0.25, 0.3) is 0 Å². The van der Waals surface area contributed by atoms with E-state index in [1.54, 1.807) is 4.90 Å². The quantitative estimate of drug-likeness (QED) is 0.786. The van der Waals surface area contributed by atoms with Gasteiger partial charge in [-0.2, -0.15) is 13.2 Å². The van der Waals surface area contributed by atoms with Crippen LogP contribution in [0.15, 0.2) is 6.07 Å². The molecular weight excluding hydrogens is 287 g/mol. The molecule has 1 fully saturated rings. The van der Waals surface area contributed by atoms with Crippen molar-refractivity contribution in [2.75, 3.05) is 25.1 Å². The maximum Gasteiger partial charge on any atom is 0.435 e. The highest BCUT2D eigenvalue weighted by Crippen LogP contribution is 2.30. The van der Waals surface area contributed by atoms with Crippen molar-refractivity contribution in [1.29, 1.82) is 0 Å². The first-order chi connectivity index (χ1) is 9.93. The predicted octanol–water partition coefficient (Wildman–Crippen LogP) is 2.66. The van der Waals surface area contributed by atoms with Crippen LogP contribution in [0.3, 0.4) is 0 Å². The van der Waals surface area contributed by atoms with Crippen LogP contribution in [0.2, 0.25) is 0 Å². The SMILES string of the molecule is COC(=O)c1cc(C(F)(F)F)nnc1N1CCCCCC1. The normalized spacial score (nSPS) is 16.5. The van der Waals surface area contributed by atoms with Crippen LogP contribution in [0.1, 0.15) is 41.7 Å². The minimum Gasteiger partial charge on any atom is -0.465 e. The number of nitrogens with zero attached hydrogens (tertiary/aromatic N) is 3. The highest BCUT2D eigenvalue weighted by atomic mass is 19.4. The van der Waals surface area contributed by atoms with E-state index in [1.165, 1.54) is 0 Å². The average Bonchev–Trinajstić information content (AvgIpc) is 2.73. The summed E-state index contributed by atoms with van der Waals surface area (Å²) in [6.45, 7) is 1.29. The highest BCUT2D eigenvalue weighted by Gasteiger charge is 2.35. The largest absolute Gasteiger partial charge is 0.465 e. The zero-order valence-electron chi connectivity index (χ0n) is 11.6. The number of alkyl halides is 3. The van der Waals surface area contributed by atoms with Crippen LogP contribution in [-0.2, 0) is 10.9 Å². The Hall–Kier alpha value is -1.86. The van der Waals surface area contributed by atoms with Gasteiger partial charge in [0.15, 0.2) is 11.5 Å². The zero-order chi connectivity index (χ0) is 15.5. The van der Waals surface area contributed by atoms with Crippen LogP contribution in [0, 0.1) is 0 Å². The first-order valence-corrected chi connectivity index (χ1v) is 6.71. The van der Waals surface area contributed by atoms with Crippen molar-refractivity contribution < 1.29 is 22.7 Å². The Kier molecular flexibility index (Phi) is 4.64. The molecule has 2 heterocycles. The lowest BCUT2D eigenvalue weighted by Gasteiger charge is -2.23. The molecule has 1 aromatic rings. The molecule has 1 aromatic heterocycles. The topological polar surface area (TPSA) is 55.3 Å². The Balaban J connectivity index is 2.41. The van der Waals surface area contributed by atoms with Crippen molar-refractivity contribution in [3.05, 3.63) is 17.3 Å². The number of carbonyl (C=O) groups excluding carboxylic acids is 1. The number of esters is 1. The van der Waals surface area contributed by atoms with Gasteiger partial charge in [-0.1, -0.05) is 12.8 Å². The molecule has 0 spiro atoms. The molecule has 0 saturated carbocycles.